The predicted molar refractivity (Wildman–Crippen MR) is 290 cm³/mol. The van der Waals surface area contributed by atoms with Gasteiger partial charge in [-0.1, -0.05) is 170 Å². The molecule has 0 radical (unpaired) electrons. The van der Waals surface area contributed by atoms with Crippen LogP contribution in [0.2, 0.25) is 0 Å². The first-order valence-electron chi connectivity index (χ1n) is 24.9. The zero-order valence-electron chi connectivity index (χ0n) is 38.9. The van der Waals surface area contributed by atoms with E-state index in [1.807, 2.05) is 0 Å². The van der Waals surface area contributed by atoms with E-state index in [1.165, 1.54) is 79.9 Å². The van der Waals surface area contributed by atoms with Crippen LogP contribution in [0.5, 0.6) is 0 Å². The maximum absolute atomic E-state index is 6.57. The number of nitrogens with zero attached hydrogens (tertiary/aromatic N) is 2. The van der Waals surface area contributed by atoms with Crippen molar-refractivity contribution in [3.05, 3.63) is 265 Å². The highest BCUT2D eigenvalue weighted by atomic mass is 16.3. The third-order valence-electron chi connectivity index (χ3n) is 15.9. The molecule has 1 fully saturated rings. The van der Waals surface area contributed by atoms with Crippen molar-refractivity contribution in [3.63, 3.8) is 0 Å². The summed E-state index contributed by atoms with van der Waals surface area (Å²) >= 11 is 0. The maximum Gasteiger partial charge on any atom is 0.137 e. The standard InChI is InChI=1S/C67H50N2O/c1-5-18-45(19-6-1)56-29-17-30-57(46-20-7-2-8-21-46)64(56)47-34-38-54(39-35-47)68(52-24-9-3-10-25-52)60-31-15-22-48-42-50-36-37-51-43-49-23-16-32-61(66(49)67(50,51)65(48)60)69(53-26-11-4-12-27-53)55-40-41-59-58-28-13-14-33-62(58)70-63(59)44-55/h1-35,38-41,44,50-51H,36-37,42-43H2. The van der Waals surface area contributed by atoms with Crippen molar-refractivity contribution < 1.29 is 4.42 Å². The van der Waals surface area contributed by atoms with Crippen LogP contribution in [0.15, 0.2) is 247 Å². The molecular formula is C67H50N2O. The van der Waals surface area contributed by atoms with Crippen molar-refractivity contribution in [1.29, 1.82) is 0 Å². The summed E-state index contributed by atoms with van der Waals surface area (Å²) in [5.74, 6) is 0.967. The highest BCUT2D eigenvalue weighted by Crippen LogP contribution is 2.69. The molecule has 0 N–H and O–H groups in total. The minimum absolute atomic E-state index is 0.180. The van der Waals surface area contributed by atoms with Crippen molar-refractivity contribution in [2.24, 2.45) is 11.8 Å². The number of hydrogen-bond acceptors (Lipinski definition) is 3. The fourth-order valence-electron chi connectivity index (χ4n) is 13.3. The lowest BCUT2D eigenvalue weighted by Crippen LogP contribution is -2.34. The van der Waals surface area contributed by atoms with E-state index in [0.29, 0.717) is 11.8 Å². The molecular weight excluding hydrogens is 849 g/mol. The van der Waals surface area contributed by atoms with Crippen LogP contribution in [0, 0.1) is 11.8 Å². The third-order valence-corrected chi connectivity index (χ3v) is 15.9. The van der Waals surface area contributed by atoms with Gasteiger partial charge in [0.2, 0.25) is 0 Å². The molecule has 0 bridgehead atoms. The van der Waals surface area contributed by atoms with Crippen LogP contribution >= 0.6 is 0 Å². The highest BCUT2D eigenvalue weighted by Gasteiger charge is 2.62. The zero-order chi connectivity index (χ0) is 46.2. The number of para-hydroxylation sites is 3. The predicted octanol–water partition coefficient (Wildman–Crippen LogP) is 18.0. The lowest BCUT2D eigenvalue weighted by molar-refractivity contribution is 0.350. The average Bonchev–Trinajstić information content (AvgIpc) is 4.17. The summed E-state index contributed by atoms with van der Waals surface area (Å²) in [5.41, 5.74) is 22.0. The van der Waals surface area contributed by atoms with Gasteiger partial charge in [-0.05, 0) is 160 Å². The number of anilines is 6. The lowest BCUT2D eigenvalue weighted by atomic mass is 9.68. The van der Waals surface area contributed by atoms with Gasteiger partial charge in [0, 0.05) is 45.0 Å². The Bertz CT molecular complexity index is 3670. The molecule has 0 saturated heterocycles. The van der Waals surface area contributed by atoms with E-state index >= 15 is 0 Å². The van der Waals surface area contributed by atoms with E-state index in [1.54, 1.807) is 0 Å². The first-order chi connectivity index (χ1) is 34.7. The van der Waals surface area contributed by atoms with Gasteiger partial charge in [-0.15, -0.1) is 0 Å². The van der Waals surface area contributed by atoms with Gasteiger partial charge >= 0.3 is 0 Å². The van der Waals surface area contributed by atoms with Gasteiger partial charge in [0.05, 0.1) is 11.4 Å². The van der Waals surface area contributed by atoms with E-state index < -0.39 is 0 Å². The second kappa shape index (κ2) is 16.4. The smallest absolute Gasteiger partial charge is 0.137 e. The number of fused-ring (bicyclic) bond motifs is 5. The van der Waals surface area contributed by atoms with Crippen molar-refractivity contribution in [2.45, 2.75) is 31.1 Å². The molecule has 1 spiro atoms. The Balaban J connectivity index is 0.953. The van der Waals surface area contributed by atoms with Crippen LogP contribution < -0.4 is 9.80 Å². The van der Waals surface area contributed by atoms with Gasteiger partial charge in [0.1, 0.15) is 11.2 Å². The highest BCUT2D eigenvalue weighted by molar-refractivity contribution is 6.06. The lowest BCUT2D eigenvalue weighted by Gasteiger charge is -2.40. The number of hydrogen-bond donors (Lipinski definition) is 0. The quantitative estimate of drug-likeness (QED) is 0.144. The van der Waals surface area contributed by atoms with Crippen molar-refractivity contribution >= 4 is 56.1 Å². The van der Waals surface area contributed by atoms with E-state index in [2.05, 4.69) is 252 Å². The Hall–Kier alpha value is -8.40. The van der Waals surface area contributed by atoms with E-state index in [0.717, 1.165) is 57.5 Å². The second-order valence-corrected chi connectivity index (χ2v) is 19.5. The summed E-state index contributed by atoms with van der Waals surface area (Å²) in [7, 11) is 0. The molecule has 3 aliphatic carbocycles. The van der Waals surface area contributed by atoms with Crippen LogP contribution in [0.4, 0.5) is 34.1 Å². The summed E-state index contributed by atoms with van der Waals surface area (Å²) < 4.78 is 6.57. The first kappa shape index (κ1) is 40.6. The van der Waals surface area contributed by atoms with Gasteiger partial charge in [0.25, 0.3) is 0 Å². The third kappa shape index (κ3) is 6.27. The Morgan fingerprint density at radius 1 is 0.357 bits per heavy atom. The van der Waals surface area contributed by atoms with Gasteiger partial charge in [-0.3, -0.25) is 0 Å². The van der Waals surface area contributed by atoms with Crippen molar-refractivity contribution in [2.75, 3.05) is 9.80 Å². The average molecular weight is 899 g/mol. The molecule has 3 nitrogen and oxygen atoms in total. The maximum atomic E-state index is 6.57. The van der Waals surface area contributed by atoms with Crippen molar-refractivity contribution in [1.82, 2.24) is 0 Å². The van der Waals surface area contributed by atoms with Gasteiger partial charge < -0.3 is 14.2 Å². The minimum Gasteiger partial charge on any atom is -0.456 e. The Morgan fingerprint density at radius 2 is 0.814 bits per heavy atom. The van der Waals surface area contributed by atoms with Crippen LogP contribution in [0.3, 0.4) is 0 Å². The van der Waals surface area contributed by atoms with E-state index in [-0.39, 0.29) is 5.41 Å². The first-order valence-corrected chi connectivity index (χ1v) is 24.9. The fraction of sp³-hybridized carbons (Fsp3) is 0.104. The summed E-state index contributed by atoms with van der Waals surface area (Å²) in [5, 5.41) is 2.29. The minimum atomic E-state index is -0.180. The Kier molecular flexibility index (Phi) is 9.52. The summed E-state index contributed by atoms with van der Waals surface area (Å²) in [6, 6.07) is 89.3. The monoisotopic (exact) mass is 898 g/mol. The molecule has 0 amide bonds. The molecule has 3 aliphatic rings. The second-order valence-electron chi connectivity index (χ2n) is 19.5. The van der Waals surface area contributed by atoms with Gasteiger partial charge in [-0.2, -0.15) is 0 Å². The summed E-state index contributed by atoms with van der Waals surface area (Å²) in [6.45, 7) is 0. The molecule has 0 aliphatic heterocycles. The molecule has 3 atom stereocenters. The number of rotatable bonds is 9. The largest absolute Gasteiger partial charge is 0.456 e. The normalized spacial score (nSPS) is 17.5. The van der Waals surface area contributed by atoms with Crippen LogP contribution in [-0.4, -0.2) is 0 Å². The topological polar surface area (TPSA) is 19.6 Å². The molecule has 70 heavy (non-hydrogen) atoms. The molecule has 3 heteroatoms. The number of benzene rings is 10. The number of furan rings is 1. The molecule has 1 aromatic heterocycles. The van der Waals surface area contributed by atoms with Crippen molar-refractivity contribution in [3.8, 4) is 33.4 Å². The molecule has 334 valence electrons. The van der Waals surface area contributed by atoms with Crippen LogP contribution in [-0.2, 0) is 18.3 Å². The summed E-state index contributed by atoms with van der Waals surface area (Å²) in [6.07, 6.45) is 4.58. The molecule has 10 aromatic carbocycles. The van der Waals surface area contributed by atoms with Gasteiger partial charge in [-0.25, -0.2) is 0 Å². The zero-order valence-corrected chi connectivity index (χ0v) is 38.9. The Labute approximate surface area is 409 Å². The Morgan fingerprint density at radius 3 is 1.39 bits per heavy atom. The van der Waals surface area contributed by atoms with Crippen LogP contribution in [0.25, 0.3) is 55.3 Å². The fourth-order valence-corrected chi connectivity index (χ4v) is 13.3. The SMILES string of the molecule is c1ccc(-c2cccc(-c3ccccc3)c2-c2ccc(N(c3ccccc3)c3cccc4c3C35c6c(cccc6N(c6ccccc6)c6ccc7c(c6)oc6ccccc67)CC3CCC5C4)cc2)cc1. The molecule has 11 aromatic rings. The van der Waals surface area contributed by atoms with E-state index in [9.17, 15) is 0 Å². The molecule has 3 unspecified atom stereocenters. The van der Waals surface area contributed by atoms with Crippen LogP contribution in [0.1, 0.15) is 35.1 Å². The molecule has 14 rings (SSSR count). The van der Waals surface area contributed by atoms with E-state index in [4.69, 9.17) is 4.42 Å². The molecule has 1 saturated carbocycles. The molecule has 1 heterocycles. The van der Waals surface area contributed by atoms with Gasteiger partial charge in [0.15, 0.2) is 0 Å². The summed E-state index contributed by atoms with van der Waals surface area (Å²) in [4.78, 5) is 5.07.